The van der Waals surface area contributed by atoms with Crippen LogP contribution in [0.5, 0.6) is 0 Å². The van der Waals surface area contributed by atoms with Crippen molar-refractivity contribution < 1.29 is 9.18 Å². The highest BCUT2D eigenvalue weighted by molar-refractivity contribution is 9.10. The van der Waals surface area contributed by atoms with Crippen molar-refractivity contribution >= 4 is 50.5 Å². The van der Waals surface area contributed by atoms with Gasteiger partial charge in [-0.2, -0.15) is 0 Å². The standard InChI is InChI=1S/C17H11BrClFN2OS/c18-10-4-6-11(7-5-10)21-17(23)15-9-24-16(22-15)8-12-13(19)2-1-3-14(12)20/h1-7,9H,8H2,(H,21,23). The molecular weight excluding hydrogens is 415 g/mol. The molecule has 0 aliphatic heterocycles. The van der Waals surface area contributed by atoms with Crippen molar-refractivity contribution in [2.75, 3.05) is 5.32 Å². The molecule has 3 rings (SSSR count). The Labute approximate surface area is 155 Å². The van der Waals surface area contributed by atoms with Crippen LogP contribution >= 0.6 is 38.9 Å². The maximum absolute atomic E-state index is 13.8. The van der Waals surface area contributed by atoms with E-state index in [1.807, 2.05) is 12.1 Å². The summed E-state index contributed by atoms with van der Waals surface area (Å²) in [4.78, 5) is 16.5. The predicted molar refractivity (Wildman–Crippen MR) is 98.4 cm³/mol. The van der Waals surface area contributed by atoms with Gasteiger partial charge in [0.25, 0.3) is 5.91 Å². The summed E-state index contributed by atoms with van der Waals surface area (Å²) >= 11 is 10.7. The van der Waals surface area contributed by atoms with E-state index >= 15 is 0 Å². The summed E-state index contributed by atoms with van der Waals surface area (Å²) in [6.45, 7) is 0. The summed E-state index contributed by atoms with van der Waals surface area (Å²) in [5.74, 6) is -0.682. The Morgan fingerprint density at radius 3 is 2.71 bits per heavy atom. The lowest BCUT2D eigenvalue weighted by molar-refractivity contribution is 0.102. The Kier molecular flexibility index (Phi) is 5.28. The molecule has 24 heavy (non-hydrogen) atoms. The number of anilines is 1. The number of nitrogens with one attached hydrogen (secondary N) is 1. The van der Waals surface area contributed by atoms with Gasteiger partial charge in [-0.3, -0.25) is 4.79 Å². The monoisotopic (exact) mass is 424 g/mol. The Morgan fingerprint density at radius 2 is 2.00 bits per heavy atom. The maximum atomic E-state index is 13.8. The molecule has 0 bridgehead atoms. The van der Waals surface area contributed by atoms with Crippen LogP contribution in [0.4, 0.5) is 10.1 Å². The van der Waals surface area contributed by atoms with Gasteiger partial charge in [0.2, 0.25) is 0 Å². The van der Waals surface area contributed by atoms with Crippen LogP contribution in [0, 0.1) is 5.82 Å². The Morgan fingerprint density at radius 1 is 1.25 bits per heavy atom. The van der Waals surface area contributed by atoms with Crippen molar-refractivity contribution in [3.05, 3.63) is 79.4 Å². The van der Waals surface area contributed by atoms with E-state index < -0.39 is 0 Å². The molecule has 3 aromatic rings. The Bertz CT molecular complexity index is 862. The molecule has 0 spiro atoms. The van der Waals surface area contributed by atoms with Gasteiger partial charge in [0.05, 0.1) is 5.01 Å². The molecule has 0 radical (unpaired) electrons. The van der Waals surface area contributed by atoms with Gasteiger partial charge >= 0.3 is 0 Å². The second-order valence-electron chi connectivity index (χ2n) is 4.96. The second kappa shape index (κ2) is 7.42. The molecular formula is C17H11BrClFN2OS. The van der Waals surface area contributed by atoms with Crippen molar-refractivity contribution in [1.29, 1.82) is 0 Å². The van der Waals surface area contributed by atoms with Crippen LogP contribution in [-0.4, -0.2) is 10.9 Å². The second-order valence-corrected chi connectivity index (χ2v) is 7.23. The summed E-state index contributed by atoms with van der Waals surface area (Å²) in [5.41, 5.74) is 1.36. The van der Waals surface area contributed by atoms with Crippen molar-refractivity contribution in [3.63, 3.8) is 0 Å². The van der Waals surface area contributed by atoms with Crippen LogP contribution < -0.4 is 5.32 Å². The molecule has 1 amide bonds. The smallest absolute Gasteiger partial charge is 0.275 e. The molecule has 0 aliphatic rings. The van der Waals surface area contributed by atoms with E-state index in [1.54, 1.807) is 29.6 Å². The number of thiazole rings is 1. The molecule has 1 aromatic heterocycles. The zero-order chi connectivity index (χ0) is 17.1. The van der Waals surface area contributed by atoms with Gasteiger partial charge in [0, 0.05) is 32.5 Å². The molecule has 0 fully saturated rings. The molecule has 0 atom stereocenters. The fourth-order valence-electron chi connectivity index (χ4n) is 2.08. The molecule has 0 saturated heterocycles. The van der Waals surface area contributed by atoms with Gasteiger partial charge in [-0.15, -0.1) is 11.3 Å². The fourth-order valence-corrected chi connectivity index (χ4v) is 3.36. The third-order valence-corrected chi connectivity index (χ3v) is 5.01. The van der Waals surface area contributed by atoms with E-state index in [4.69, 9.17) is 11.6 Å². The number of nitrogens with zero attached hydrogens (tertiary/aromatic N) is 1. The SMILES string of the molecule is O=C(Nc1ccc(Br)cc1)c1csc(Cc2c(F)cccc2Cl)n1. The summed E-state index contributed by atoms with van der Waals surface area (Å²) in [5, 5.41) is 5.40. The van der Waals surface area contributed by atoms with E-state index in [0.29, 0.717) is 27.0 Å². The van der Waals surface area contributed by atoms with E-state index in [9.17, 15) is 9.18 Å². The van der Waals surface area contributed by atoms with Crippen molar-refractivity contribution in [2.45, 2.75) is 6.42 Å². The Hall–Kier alpha value is -1.76. The van der Waals surface area contributed by atoms with E-state index in [-0.39, 0.29) is 18.1 Å². The van der Waals surface area contributed by atoms with Crippen LogP contribution in [0.1, 0.15) is 21.1 Å². The van der Waals surface area contributed by atoms with Gasteiger partial charge in [0.1, 0.15) is 11.5 Å². The van der Waals surface area contributed by atoms with Crippen LogP contribution in [0.2, 0.25) is 5.02 Å². The molecule has 1 N–H and O–H groups in total. The highest BCUT2D eigenvalue weighted by Gasteiger charge is 2.14. The maximum Gasteiger partial charge on any atom is 0.275 e. The normalized spacial score (nSPS) is 10.6. The molecule has 0 aliphatic carbocycles. The molecule has 122 valence electrons. The van der Waals surface area contributed by atoms with Crippen LogP contribution in [0.25, 0.3) is 0 Å². The minimum Gasteiger partial charge on any atom is -0.321 e. The fraction of sp³-hybridized carbons (Fsp3) is 0.0588. The minimum absolute atomic E-state index is 0.252. The molecule has 2 aromatic carbocycles. The highest BCUT2D eigenvalue weighted by Crippen LogP contribution is 2.24. The third kappa shape index (κ3) is 4.01. The zero-order valence-corrected chi connectivity index (χ0v) is 15.4. The minimum atomic E-state index is -0.376. The van der Waals surface area contributed by atoms with Crippen LogP contribution in [0.3, 0.4) is 0 Å². The molecule has 1 heterocycles. The molecule has 7 heteroatoms. The number of carbonyl (C=O) groups excluding carboxylic acids is 1. The number of hydrogen-bond donors (Lipinski definition) is 1. The van der Waals surface area contributed by atoms with E-state index in [2.05, 4.69) is 26.2 Å². The van der Waals surface area contributed by atoms with E-state index in [0.717, 1.165) is 4.47 Å². The number of carbonyl (C=O) groups is 1. The van der Waals surface area contributed by atoms with Gasteiger partial charge in [-0.25, -0.2) is 9.37 Å². The highest BCUT2D eigenvalue weighted by atomic mass is 79.9. The third-order valence-electron chi connectivity index (χ3n) is 3.28. The summed E-state index contributed by atoms with van der Waals surface area (Å²) in [6, 6.07) is 11.8. The summed E-state index contributed by atoms with van der Waals surface area (Å²) in [6.07, 6.45) is 0.252. The van der Waals surface area contributed by atoms with Gasteiger partial charge in [0.15, 0.2) is 0 Å². The lowest BCUT2D eigenvalue weighted by atomic mass is 10.1. The first kappa shape index (κ1) is 17.1. The number of amides is 1. The van der Waals surface area contributed by atoms with Gasteiger partial charge in [-0.1, -0.05) is 33.6 Å². The summed E-state index contributed by atoms with van der Waals surface area (Å²) < 4.78 is 14.8. The molecule has 0 saturated carbocycles. The summed E-state index contributed by atoms with van der Waals surface area (Å²) in [7, 11) is 0. The number of rotatable bonds is 4. The van der Waals surface area contributed by atoms with Crippen LogP contribution in [-0.2, 0) is 6.42 Å². The van der Waals surface area contributed by atoms with Crippen molar-refractivity contribution in [2.24, 2.45) is 0 Å². The van der Waals surface area contributed by atoms with Crippen molar-refractivity contribution in [3.8, 4) is 0 Å². The quantitative estimate of drug-likeness (QED) is 0.596. The average molecular weight is 426 g/mol. The lowest BCUT2D eigenvalue weighted by Crippen LogP contribution is -2.12. The number of hydrogen-bond acceptors (Lipinski definition) is 3. The first-order valence-electron chi connectivity index (χ1n) is 6.97. The number of benzene rings is 2. The lowest BCUT2D eigenvalue weighted by Gasteiger charge is -2.04. The first-order chi connectivity index (χ1) is 11.5. The van der Waals surface area contributed by atoms with Crippen LogP contribution in [0.15, 0.2) is 52.3 Å². The number of aromatic nitrogens is 1. The number of halogens is 3. The predicted octanol–water partition coefficient (Wildman–Crippen LogP) is 5.54. The van der Waals surface area contributed by atoms with Gasteiger partial charge < -0.3 is 5.32 Å². The first-order valence-corrected chi connectivity index (χ1v) is 9.02. The molecule has 0 unspecified atom stereocenters. The van der Waals surface area contributed by atoms with Gasteiger partial charge in [-0.05, 0) is 36.4 Å². The average Bonchev–Trinajstić information content (AvgIpc) is 3.02. The Balaban J connectivity index is 1.73. The van der Waals surface area contributed by atoms with E-state index in [1.165, 1.54) is 17.4 Å². The van der Waals surface area contributed by atoms with Crippen molar-refractivity contribution in [1.82, 2.24) is 4.98 Å². The molecule has 3 nitrogen and oxygen atoms in total. The largest absolute Gasteiger partial charge is 0.321 e. The topological polar surface area (TPSA) is 42.0 Å². The zero-order valence-electron chi connectivity index (χ0n) is 12.2.